The van der Waals surface area contributed by atoms with Crippen molar-refractivity contribution in [3.63, 3.8) is 0 Å². The molecule has 0 N–H and O–H groups in total. The third kappa shape index (κ3) is 7.39. The van der Waals surface area contributed by atoms with Crippen LogP contribution in [0.2, 0.25) is 0 Å². The predicted octanol–water partition coefficient (Wildman–Crippen LogP) is 5.18. The summed E-state index contributed by atoms with van der Waals surface area (Å²) in [6.45, 7) is 5.07. The van der Waals surface area contributed by atoms with E-state index in [0.717, 1.165) is 30.8 Å². The van der Waals surface area contributed by atoms with Crippen molar-refractivity contribution in [1.82, 2.24) is 9.97 Å². The van der Waals surface area contributed by atoms with Gasteiger partial charge in [-0.2, -0.15) is 0 Å². The van der Waals surface area contributed by atoms with Crippen LogP contribution in [-0.4, -0.2) is 16.6 Å². The van der Waals surface area contributed by atoms with Crippen molar-refractivity contribution < 1.29 is 4.74 Å². The number of benzene rings is 1. The monoisotopic (exact) mass is 336 g/mol. The van der Waals surface area contributed by atoms with Crippen molar-refractivity contribution in [2.45, 2.75) is 58.8 Å². The summed E-state index contributed by atoms with van der Waals surface area (Å²) in [7, 11) is 0. The molecule has 0 aliphatic carbocycles. The molecule has 0 aliphatic rings. The van der Waals surface area contributed by atoms with Gasteiger partial charge in [-0.05, 0) is 55.0 Å². The van der Waals surface area contributed by atoms with Gasteiger partial charge < -0.3 is 4.74 Å². The molecule has 0 bridgehead atoms. The molecule has 1 heterocycles. The van der Waals surface area contributed by atoms with Crippen LogP contribution in [0.4, 0.5) is 0 Å². The number of ether oxygens (including phenoxy) is 1. The molecule has 25 heavy (non-hydrogen) atoms. The maximum Gasteiger partial charge on any atom is 0.205 e. The van der Waals surface area contributed by atoms with Gasteiger partial charge in [0.2, 0.25) is 5.82 Å². The lowest BCUT2D eigenvalue weighted by molar-refractivity contribution is 0.317. The van der Waals surface area contributed by atoms with Crippen LogP contribution in [0.3, 0.4) is 0 Å². The van der Waals surface area contributed by atoms with Crippen LogP contribution in [0.25, 0.3) is 0 Å². The number of aryl methyl sites for hydroxylation is 1. The first-order valence-corrected chi connectivity index (χ1v) is 9.37. The van der Waals surface area contributed by atoms with Gasteiger partial charge in [-0.1, -0.05) is 45.5 Å². The Bertz CT molecular complexity index is 666. The van der Waals surface area contributed by atoms with E-state index in [9.17, 15) is 0 Å². The van der Waals surface area contributed by atoms with Crippen LogP contribution in [0.5, 0.6) is 5.75 Å². The normalized spacial score (nSPS) is 10.2. The Kier molecular flexibility index (Phi) is 8.55. The zero-order chi connectivity index (χ0) is 17.7. The smallest absolute Gasteiger partial charge is 0.205 e. The van der Waals surface area contributed by atoms with Gasteiger partial charge >= 0.3 is 0 Å². The van der Waals surface area contributed by atoms with E-state index in [2.05, 4.69) is 35.7 Å². The Labute approximate surface area is 151 Å². The Morgan fingerprint density at radius 1 is 0.840 bits per heavy atom. The molecule has 0 amide bonds. The Morgan fingerprint density at radius 3 is 2.24 bits per heavy atom. The van der Waals surface area contributed by atoms with Crippen molar-refractivity contribution in [3.8, 4) is 17.6 Å². The average molecular weight is 336 g/mol. The van der Waals surface area contributed by atoms with Gasteiger partial charge in [0.05, 0.1) is 6.61 Å². The maximum absolute atomic E-state index is 5.57. The van der Waals surface area contributed by atoms with Gasteiger partial charge in [-0.3, -0.25) is 0 Å². The molecule has 3 heteroatoms. The fourth-order valence-electron chi connectivity index (χ4n) is 2.46. The number of nitrogens with zero attached hydrogens (tertiary/aromatic N) is 2. The second-order valence-corrected chi connectivity index (χ2v) is 6.20. The highest BCUT2D eigenvalue weighted by molar-refractivity contribution is 5.40. The van der Waals surface area contributed by atoms with Crippen molar-refractivity contribution in [1.29, 1.82) is 0 Å². The van der Waals surface area contributed by atoms with Gasteiger partial charge in [0.1, 0.15) is 5.75 Å². The Balaban J connectivity index is 1.83. The lowest BCUT2D eigenvalue weighted by atomic mass is 10.1. The van der Waals surface area contributed by atoms with E-state index >= 15 is 0 Å². The molecule has 0 unspecified atom stereocenters. The number of rotatable bonds is 9. The molecule has 2 rings (SSSR count). The highest BCUT2D eigenvalue weighted by Gasteiger charge is 1.97. The third-order valence-electron chi connectivity index (χ3n) is 3.92. The first kappa shape index (κ1) is 19.0. The van der Waals surface area contributed by atoms with Crippen molar-refractivity contribution in [2.75, 3.05) is 6.61 Å². The second-order valence-electron chi connectivity index (χ2n) is 6.20. The number of aromatic nitrogens is 2. The number of hydrogen-bond donors (Lipinski definition) is 0. The van der Waals surface area contributed by atoms with Crippen LogP contribution in [0.1, 0.15) is 69.3 Å². The van der Waals surface area contributed by atoms with Crippen LogP contribution in [-0.2, 0) is 6.42 Å². The minimum absolute atomic E-state index is 0.570. The maximum atomic E-state index is 5.57. The fraction of sp³-hybridized carbons (Fsp3) is 0.455. The van der Waals surface area contributed by atoms with E-state index in [1.165, 1.54) is 37.7 Å². The van der Waals surface area contributed by atoms with Gasteiger partial charge in [-0.15, -0.1) is 0 Å². The molecule has 0 radical (unpaired) electrons. The minimum Gasteiger partial charge on any atom is -0.494 e. The fourth-order valence-corrected chi connectivity index (χ4v) is 2.46. The van der Waals surface area contributed by atoms with E-state index in [4.69, 9.17) is 4.74 Å². The quantitative estimate of drug-likeness (QED) is 0.467. The molecule has 0 spiro atoms. The average Bonchev–Trinajstić information content (AvgIpc) is 2.66. The zero-order valence-corrected chi connectivity index (χ0v) is 15.4. The summed E-state index contributed by atoms with van der Waals surface area (Å²) in [5.41, 5.74) is 2.13. The summed E-state index contributed by atoms with van der Waals surface area (Å²) >= 11 is 0. The molecule has 0 aliphatic heterocycles. The van der Waals surface area contributed by atoms with E-state index < -0.39 is 0 Å². The van der Waals surface area contributed by atoms with Crippen LogP contribution in [0, 0.1) is 11.8 Å². The largest absolute Gasteiger partial charge is 0.494 e. The molecule has 0 saturated heterocycles. The number of unbranched alkanes of at least 4 members (excludes halogenated alkanes) is 4. The SMILES string of the molecule is CCCCCCCc1cnc(C#Cc2ccc(OCCC)cc2)nc1. The molecule has 0 saturated carbocycles. The van der Waals surface area contributed by atoms with E-state index in [0.29, 0.717) is 5.82 Å². The molecule has 0 atom stereocenters. The van der Waals surface area contributed by atoms with Gasteiger partial charge in [0, 0.05) is 18.0 Å². The lowest BCUT2D eigenvalue weighted by Crippen LogP contribution is -1.94. The third-order valence-corrected chi connectivity index (χ3v) is 3.92. The van der Waals surface area contributed by atoms with Crippen LogP contribution in [0.15, 0.2) is 36.7 Å². The summed E-state index contributed by atoms with van der Waals surface area (Å²) in [5, 5.41) is 0. The lowest BCUT2D eigenvalue weighted by Gasteiger charge is -2.03. The Morgan fingerprint density at radius 2 is 1.56 bits per heavy atom. The molecular formula is C22H28N2O. The highest BCUT2D eigenvalue weighted by Crippen LogP contribution is 2.12. The number of hydrogen-bond acceptors (Lipinski definition) is 3. The van der Waals surface area contributed by atoms with Crippen molar-refractivity contribution in [3.05, 3.63) is 53.6 Å². The van der Waals surface area contributed by atoms with E-state index in [1.807, 2.05) is 36.7 Å². The van der Waals surface area contributed by atoms with Gasteiger partial charge in [0.15, 0.2) is 0 Å². The molecule has 1 aromatic heterocycles. The molecular weight excluding hydrogens is 308 g/mol. The predicted molar refractivity (Wildman–Crippen MR) is 103 cm³/mol. The molecule has 132 valence electrons. The summed E-state index contributed by atoms with van der Waals surface area (Å²) in [6, 6.07) is 7.82. The molecule has 3 nitrogen and oxygen atoms in total. The summed E-state index contributed by atoms with van der Waals surface area (Å²) < 4.78 is 5.57. The van der Waals surface area contributed by atoms with Crippen molar-refractivity contribution in [2.24, 2.45) is 0 Å². The van der Waals surface area contributed by atoms with E-state index in [1.54, 1.807) is 0 Å². The first-order valence-electron chi connectivity index (χ1n) is 9.37. The second kappa shape index (κ2) is 11.3. The molecule has 1 aromatic carbocycles. The van der Waals surface area contributed by atoms with Crippen LogP contribution < -0.4 is 4.74 Å². The summed E-state index contributed by atoms with van der Waals surface area (Å²) in [4.78, 5) is 8.71. The van der Waals surface area contributed by atoms with Gasteiger partial charge in [0.25, 0.3) is 0 Å². The highest BCUT2D eigenvalue weighted by atomic mass is 16.5. The van der Waals surface area contributed by atoms with E-state index in [-0.39, 0.29) is 0 Å². The standard InChI is InChI=1S/C22H28N2O/c1-3-5-6-7-8-9-20-17-23-22(24-18-20)15-12-19-10-13-21(14-11-19)25-16-4-2/h10-11,13-14,17-18H,3-9,16H2,1-2H3. The van der Waals surface area contributed by atoms with Gasteiger partial charge in [-0.25, -0.2) is 9.97 Å². The molecule has 2 aromatic rings. The summed E-state index contributed by atoms with van der Waals surface area (Å²) in [6.07, 6.45) is 12.3. The topological polar surface area (TPSA) is 35.0 Å². The Hall–Kier alpha value is -2.34. The van der Waals surface area contributed by atoms with Crippen LogP contribution >= 0.6 is 0 Å². The zero-order valence-electron chi connectivity index (χ0n) is 15.4. The molecule has 0 fully saturated rings. The summed E-state index contributed by atoms with van der Waals surface area (Å²) in [5.74, 6) is 7.57. The van der Waals surface area contributed by atoms with Crippen molar-refractivity contribution >= 4 is 0 Å². The first-order chi connectivity index (χ1) is 12.3. The minimum atomic E-state index is 0.570.